The van der Waals surface area contributed by atoms with E-state index in [1.165, 1.54) is 0 Å². The smallest absolute Gasteiger partial charge is 0.339 e. The molecule has 8 heteroatoms. The number of aromatic nitrogens is 3. The number of hydrogen-bond acceptors (Lipinski definition) is 5. The van der Waals surface area contributed by atoms with E-state index in [0.29, 0.717) is 11.1 Å². The molecule has 7 nitrogen and oxygen atoms in total. The van der Waals surface area contributed by atoms with Crippen LogP contribution in [0.3, 0.4) is 0 Å². The minimum absolute atomic E-state index is 0.321. The Bertz CT molecular complexity index is 1380. The third-order valence-corrected chi connectivity index (χ3v) is 5.79. The molecule has 5 rings (SSSR count). The first-order valence-electron chi connectivity index (χ1n) is 9.20. The molecule has 0 aliphatic carbocycles. The summed E-state index contributed by atoms with van der Waals surface area (Å²) in [5, 5.41) is 10.3. The lowest BCUT2D eigenvalue weighted by atomic mass is 10.1. The fourth-order valence-electron chi connectivity index (χ4n) is 3.41. The molecule has 148 valence electrons. The summed E-state index contributed by atoms with van der Waals surface area (Å²) in [7, 11) is 0. The summed E-state index contributed by atoms with van der Waals surface area (Å²) in [6.07, 6.45) is -1.15. The number of H-pyrrole nitrogens is 2. The van der Waals surface area contributed by atoms with Gasteiger partial charge in [0.1, 0.15) is 5.69 Å². The highest BCUT2D eigenvalue weighted by Gasteiger charge is 2.23. The third kappa shape index (κ3) is 3.13. The van der Waals surface area contributed by atoms with Crippen molar-refractivity contribution in [1.29, 1.82) is 0 Å². The van der Waals surface area contributed by atoms with Crippen molar-refractivity contribution in [1.82, 2.24) is 15.2 Å². The first-order chi connectivity index (χ1) is 14.6. The van der Waals surface area contributed by atoms with Crippen molar-refractivity contribution in [3.05, 3.63) is 77.2 Å². The van der Waals surface area contributed by atoms with E-state index in [-0.39, 0.29) is 0 Å². The van der Waals surface area contributed by atoms with Crippen LogP contribution in [0.15, 0.2) is 66.0 Å². The van der Waals surface area contributed by atoms with E-state index < -0.39 is 18.0 Å². The molecule has 3 heterocycles. The van der Waals surface area contributed by atoms with Gasteiger partial charge >= 0.3 is 5.97 Å². The molecule has 0 radical (unpaired) electrons. The van der Waals surface area contributed by atoms with Crippen molar-refractivity contribution in [3.8, 4) is 11.4 Å². The minimum Gasteiger partial charge on any atom is -0.444 e. The molecule has 0 saturated heterocycles. The Morgan fingerprint density at radius 1 is 1.03 bits per heavy atom. The van der Waals surface area contributed by atoms with Gasteiger partial charge in [0.25, 0.3) is 5.91 Å². The highest BCUT2D eigenvalue weighted by Crippen LogP contribution is 2.32. The Kier molecular flexibility index (Phi) is 4.33. The Balaban J connectivity index is 1.45. The van der Waals surface area contributed by atoms with Crippen LogP contribution in [0.5, 0.6) is 0 Å². The third-order valence-electron chi connectivity index (χ3n) is 4.87. The van der Waals surface area contributed by atoms with Gasteiger partial charge in [-0.15, -0.1) is 11.3 Å². The summed E-state index contributed by atoms with van der Waals surface area (Å²) in [6, 6.07) is 17.9. The molecule has 30 heavy (non-hydrogen) atoms. The largest absolute Gasteiger partial charge is 0.444 e. The molecule has 0 saturated carbocycles. The first-order valence-corrected chi connectivity index (χ1v) is 10.1. The molecule has 1 unspecified atom stereocenters. The van der Waals surface area contributed by atoms with Gasteiger partial charge in [-0.25, -0.2) is 4.79 Å². The number of carbonyl (C=O) groups is 2. The fraction of sp³-hybridized carbons (Fsp3) is 0.0455. The summed E-state index contributed by atoms with van der Waals surface area (Å²) in [6.45, 7) is 0. The summed E-state index contributed by atoms with van der Waals surface area (Å²) in [5.74, 6) is -1.35. The second kappa shape index (κ2) is 7.16. The number of thiophene rings is 1. The number of primary amides is 1. The number of esters is 1. The number of benzene rings is 2. The lowest BCUT2D eigenvalue weighted by molar-refractivity contribution is -0.127. The SMILES string of the molecule is NC(=O)C(OC(=O)c1ccc2cc(-c3n[nH]c4ccsc34)[nH]c2c1)c1ccccc1. The van der Waals surface area contributed by atoms with Gasteiger partial charge in [0.15, 0.2) is 0 Å². The predicted molar refractivity (Wildman–Crippen MR) is 115 cm³/mol. The second-order valence-corrected chi connectivity index (χ2v) is 7.74. The zero-order chi connectivity index (χ0) is 20.7. The van der Waals surface area contributed by atoms with Crippen LogP contribution in [0.4, 0.5) is 0 Å². The number of nitrogens with two attached hydrogens (primary N) is 1. The topological polar surface area (TPSA) is 114 Å². The number of hydrogen-bond donors (Lipinski definition) is 3. The van der Waals surface area contributed by atoms with Crippen molar-refractivity contribution in [3.63, 3.8) is 0 Å². The molecule has 0 bridgehead atoms. The van der Waals surface area contributed by atoms with Crippen LogP contribution < -0.4 is 5.73 Å². The Hall–Kier alpha value is -3.91. The van der Waals surface area contributed by atoms with Crippen molar-refractivity contribution in [2.24, 2.45) is 5.73 Å². The predicted octanol–water partition coefficient (Wildman–Crippen LogP) is 4.16. The Morgan fingerprint density at radius 3 is 2.67 bits per heavy atom. The van der Waals surface area contributed by atoms with Crippen molar-refractivity contribution < 1.29 is 14.3 Å². The van der Waals surface area contributed by atoms with Crippen LogP contribution in [0.25, 0.3) is 32.5 Å². The maximum absolute atomic E-state index is 12.7. The maximum atomic E-state index is 12.7. The molecule has 1 amide bonds. The fourth-order valence-corrected chi connectivity index (χ4v) is 4.25. The van der Waals surface area contributed by atoms with E-state index in [1.54, 1.807) is 47.7 Å². The van der Waals surface area contributed by atoms with Crippen LogP contribution in [-0.2, 0) is 9.53 Å². The average Bonchev–Trinajstić information content (AvgIpc) is 3.46. The molecular weight excluding hydrogens is 400 g/mol. The number of rotatable bonds is 5. The van der Waals surface area contributed by atoms with E-state index in [0.717, 1.165) is 32.5 Å². The molecule has 1 atom stereocenters. The molecule has 0 aliphatic rings. The van der Waals surface area contributed by atoms with Crippen molar-refractivity contribution in [2.45, 2.75) is 6.10 Å². The number of ether oxygens (including phenoxy) is 1. The Labute approximate surface area is 174 Å². The van der Waals surface area contributed by atoms with Gasteiger partial charge in [0.05, 0.1) is 21.5 Å². The highest BCUT2D eigenvalue weighted by molar-refractivity contribution is 7.17. The summed E-state index contributed by atoms with van der Waals surface area (Å²) in [4.78, 5) is 27.8. The molecule has 0 spiro atoms. The highest BCUT2D eigenvalue weighted by atomic mass is 32.1. The van der Waals surface area contributed by atoms with Crippen LogP contribution in [0.1, 0.15) is 22.0 Å². The first kappa shape index (κ1) is 18.1. The number of nitrogens with zero attached hydrogens (tertiary/aromatic N) is 1. The van der Waals surface area contributed by atoms with Gasteiger partial charge in [-0.2, -0.15) is 5.10 Å². The quantitative estimate of drug-likeness (QED) is 0.373. The summed E-state index contributed by atoms with van der Waals surface area (Å²) in [5.41, 5.74) is 9.73. The van der Waals surface area contributed by atoms with Crippen LogP contribution in [0, 0.1) is 0 Å². The van der Waals surface area contributed by atoms with E-state index in [2.05, 4.69) is 15.2 Å². The van der Waals surface area contributed by atoms with Gasteiger partial charge in [0.2, 0.25) is 6.10 Å². The molecule has 4 N–H and O–H groups in total. The number of amides is 1. The minimum atomic E-state index is -1.15. The Morgan fingerprint density at radius 2 is 1.87 bits per heavy atom. The van der Waals surface area contributed by atoms with Crippen LogP contribution in [-0.4, -0.2) is 27.1 Å². The monoisotopic (exact) mass is 416 g/mol. The van der Waals surface area contributed by atoms with E-state index in [1.807, 2.05) is 29.6 Å². The zero-order valence-electron chi connectivity index (χ0n) is 15.6. The van der Waals surface area contributed by atoms with E-state index in [9.17, 15) is 9.59 Å². The molecular formula is C22H16N4O3S. The molecule has 5 aromatic rings. The van der Waals surface area contributed by atoms with Crippen molar-refractivity contribution in [2.75, 3.05) is 0 Å². The van der Waals surface area contributed by atoms with Crippen LogP contribution >= 0.6 is 11.3 Å². The van der Waals surface area contributed by atoms with Gasteiger partial charge in [-0.1, -0.05) is 36.4 Å². The van der Waals surface area contributed by atoms with Crippen LogP contribution in [0.2, 0.25) is 0 Å². The molecule has 3 aromatic heterocycles. The van der Waals surface area contributed by atoms with Gasteiger partial charge in [0, 0.05) is 16.5 Å². The number of nitrogens with one attached hydrogen (secondary N) is 2. The molecule has 0 fully saturated rings. The normalized spacial score (nSPS) is 12.3. The number of carbonyl (C=O) groups excluding carboxylic acids is 2. The lowest BCUT2D eigenvalue weighted by Gasteiger charge is -2.15. The number of fused-ring (bicyclic) bond motifs is 2. The summed E-state index contributed by atoms with van der Waals surface area (Å²) < 4.78 is 6.48. The molecule has 0 aliphatic heterocycles. The van der Waals surface area contributed by atoms with Gasteiger partial charge in [-0.05, 0) is 29.6 Å². The van der Waals surface area contributed by atoms with Gasteiger partial charge in [-0.3, -0.25) is 9.89 Å². The van der Waals surface area contributed by atoms with E-state index in [4.69, 9.17) is 10.5 Å². The van der Waals surface area contributed by atoms with Crippen molar-refractivity contribution >= 4 is 44.3 Å². The van der Waals surface area contributed by atoms with E-state index >= 15 is 0 Å². The van der Waals surface area contributed by atoms with Gasteiger partial charge < -0.3 is 15.5 Å². The second-order valence-electron chi connectivity index (χ2n) is 6.82. The summed E-state index contributed by atoms with van der Waals surface area (Å²) >= 11 is 1.61. The lowest BCUT2D eigenvalue weighted by Crippen LogP contribution is -2.26. The zero-order valence-corrected chi connectivity index (χ0v) is 16.4. The average molecular weight is 416 g/mol. The maximum Gasteiger partial charge on any atom is 0.339 e. The standard InChI is InChI=1S/C22H16N4O3S/c23-21(27)19(12-4-2-1-3-5-12)29-22(28)14-7-6-13-10-17(24-16(13)11-14)18-20-15(25-26-18)8-9-30-20/h1-11,19,24H,(H2,23,27)(H,25,26). The molecule has 2 aromatic carbocycles. The number of aromatic amines is 2.